The fraction of sp³-hybridized carbons (Fsp3) is 0.364. The lowest BCUT2D eigenvalue weighted by Gasteiger charge is -2.16. The van der Waals surface area contributed by atoms with Gasteiger partial charge in [-0.3, -0.25) is 4.90 Å². The lowest BCUT2D eigenvalue weighted by Crippen LogP contribution is -2.38. The second-order valence-electron chi connectivity index (χ2n) is 3.80. The Kier molecular flexibility index (Phi) is 2.73. The predicted octanol–water partition coefficient (Wildman–Crippen LogP) is 1.26. The number of rotatable bonds is 2. The van der Waals surface area contributed by atoms with Gasteiger partial charge in [0, 0.05) is 19.3 Å². The van der Waals surface area contributed by atoms with Crippen LogP contribution in [0.3, 0.4) is 0 Å². The van der Waals surface area contributed by atoms with Crippen molar-refractivity contribution in [2.75, 3.05) is 11.9 Å². The molecule has 1 saturated carbocycles. The van der Waals surface area contributed by atoms with Gasteiger partial charge in [0.25, 0.3) is 0 Å². The minimum Gasteiger partial charge on any atom is -0.335 e. The summed E-state index contributed by atoms with van der Waals surface area (Å²) in [6.45, 7) is 0. The molecule has 0 saturated heterocycles. The van der Waals surface area contributed by atoms with E-state index in [1.807, 2.05) is 6.07 Å². The summed E-state index contributed by atoms with van der Waals surface area (Å²) in [4.78, 5) is 17.1. The number of carbonyl (C=O) groups is 1. The Labute approximate surface area is 93.7 Å². The molecule has 1 heterocycles. The van der Waals surface area contributed by atoms with E-state index in [4.69, 9.17) is 5.26 Å². The number of carbonyl (C=O) groups excluding carboxylic acids is 1. The zero-order valence-corrected chi connectivity index (χ0v) is 8.97. The van der Waals surface area contributed by atoms with Crippen LogP contribution in [0, 0.1) is 11.3 Å². The van der Waals surface area contributed by atoms with Gasteiger partial charge in [0.05, 0.1) is 5.56 Å². The maximum absolute atomic E-state index is 11.7. The third-order valence-corrected chi connectivity index (χ3v) is 2.43. The van der Waals surface area contributed by atoms with Gasteiger partial charge >= 0.3 is 6.03 Å². The van der Waals surface area contributed by atoms with E-state index < -0.39 is 0 Å². The minimum absolute atomic E-state index is 0.153. The zero-order valence-electron chi connectivity index (χ0n) is 8.97. The molecule has 1 aromatic rings. The first-order chi connectivity index (χ1) is 7.70. The third-order valence-electron chi connectivity index (χ3n) is 2.43. The number of amides is 2. The highest BCUT2D eigenvalue weighted by Crippen LogP contribution is 2.19. The lowest BCUT2D eigenvalue weighted by molar-refractivity contribution is 0.247. The first-order valence-corrected chi connectivity index (χ1v) is 5.11. The van der Waals surface area contributed by atoms with Crippen LogP contribution in [0.2, 0.25) is 0 Å². The second kappa shape index (κ2) is 4.19. The van der Waals surface area contributed by atoms with Gasteiger partial charge in [-0.05, 0) is 25.0 Å². The van der Waals surface area contributed by atoms with Crippen molar-refractivity contribution in [2.24, 2.45) is 0 Å². The molecular weight excluding hydrogens is 204 g/mol. The summed E-state index contributed by atoms with van der Waals surface area (Å²) in [6.07, 6.45) is 3.57. The molecule has 16 heavy (non-hydrogen) atoms. The van der Waals surface area contributed by atoms with E-state index in [0.29, 0.717) is 17.4 Å². The molecule has 0 bridgehead atoms. The van der Waals surface area contributed by atoms with E-state index in [-0.39, 0.29) is 6.03 Å². The molecule has 0 unspecified atom stereocenters. The summed E-state index contributed by atoms with van der Waals surface area (Å²) in [5.41, 5.74) is 0.486. The normalized spacial score (nSPS) is 14.0. The van der Waals surface area contributed by atoms with Crippen molar-refractivity contribution in [3.8, 4) is 6.07 Å². The average Bonchev–Trinajstić information content (AvgIpc) is 3.12. The molecule has 5 heteroatoms. The molecule has 82 valence electrons. The Hall–Kier alpha value is -2.09. The summed E-state index contributed by atoms with van der Waals surface area (Å²) >= 11 is 0. The Morgan fingerprint density at radius 3 is 2.88 bits per heavy atom. The largest absolute Gasteiger partial charge is 0.335 e. The molecule has 1 aliphatic carbocycles. The molecule has 1 aromatic heterocycles. The van der Waals surface area contributed by atoms with Gasteiger partial charge in [0.1, 0.15) is 11.9 Å². The summed E-state index contributed by atoms with van der Waals surface area (Å²) in [6, 6.07) is 5.46. The fourth-order valence-corrected chi connectivity index (χ4v) is 1.25. The standard InChI is InChI=1S/C11H12N4O/c1-15(11(16)14-9-3-4-9)10-5-2-8(6-12)7-13-10/h2,5,7,9H,3-4H2,1H3,(H,14,16). The van der Waals surface area contributed by atoms with Gasteiger partial charge in [0.2, 0.25) is 0 Å². The van der Waals surface area contributed by atoms with E-state index >= 15 is 0 Å². The lowest BCUT2D eigenvalue weighted by atomic mass is 10.3. The number of hydrogen-bond acceptors (Lipinski definition) is 3. The molecule has 1 fully saturated rings. The van der Waals surface area contributed by atoms with E-state index in [0.717, 1.165) is 12.8 Å². The quantitative estimate of drug-likeness (QED) is 0.809. The van der Waals surface area contributed by atoms with Crippen molar-refractivity contribution >= 4 is 11.8 Å². The van der Waals surface area contributed by atoms with Crippen LogP contribution in [0.4, 0.5) is 10.6 Å². The number of hydrogen-bond donors (Lipinski definition) is 1. The molecule has 0 radical (unpaired) electrons. The van der Waals surface area contributed by atoms with Crippen LogP contribution in [0.15, 0.2) is 18.3 Å². The number of pyridine rings is 1. The second-order valence-corrected chi connectivity index (χ2v) is 3.80. The van der Waals surface area contributed by atoms with Crippen LogP contribution in [0.1, 0.15) is 18.4 Å². The number of aromatic nitrogens is 1. The predicted molar refractivity (Wildman–Crippen MR) is 58.9 cm³/mol. The number of nitrogens with one attached hydrogen (secondary N) is 1. The summed E-state index contributed by atoms with van der Waals surface area (Å²) < 4.78 is 0. The molecule has 0 atom stereocenters. The molecule has 2 rings (SSSR count). The average molecular weight is 216 g/mol. The third kappa shape index (κ3) is 2.28. The maximum Gasteiger partial charge on any atom is 0.323 e. The van der Waals surface area contributed by atoms with E-state index in [1.54, 1.807) is 19.2 Å². The first-order valence-electron chi connectivity index (χ1n) is 5.11. The van der Waals surface area contributed by atoms with Crippen molar-refractivity contribution in [1.29, 1.82) is 5.26 Å². The molecule has 0 aliphatic heterocycles. The summed E-state index contributed by atoms with van der Waals surface area (Å²) in [7, 11) is 1.66. The number of anilines is 1. The van der Waals surface area contributed by atoms with E-state index in [2.05, 4.69) is 10.3 Å². The van der Waals surface area contributed by atoms with Crippen LogP contribution < -0.4 is 10.2 Å². The molecule has 1 N–H and O–H groups in total. The van der Waals surface area contributed by atoms with Crippen molar-refractivity contribution in [2.45, 2.75) is 18.9 Å². The minimum atomic E-state index is -0.153. The van der Waals surface area contributed by atoms with Crippen LogP contribution in [0.5, 0.6) is 0 Å². The highest BCUT2D eigenvalue weighted by molar-refractivity contribution is 5.90. The fourth-order valence-electron chi connectivity index (χ4n) is 1.25. The summed E-state index contributed by atoms with van der Waals surface area (Å²) in [5.74, 6) is 0.539. The van der Waals surface area contributed by atoms with Crippen LogP contribution in [-0.4, -0.2) is 24.1 Å². The highest BCUT2D eigenvalue weighted by Gasteiger charge is 2.25. The molecule has 0 spiro atoms. The number of nitriles is 1. The molecular formula is C11H12N4O. The van der Waals surface area contributed by atoms with Crippen LogP contribution in [0.25, 0.3) is 0 Å². The van der Waals surface area contributed by atoms with Crippen molar-refractivity contribution < 1.29 is 4.79 Å². The van der Waals surface area contributed by atoms with Gasteiger partial charge in [-0.2, -0.15) is 5.26 Å². The Morgan fingerprint density at radius 1 is 1.62 bits per heavy atom. The monoisotopic (exact) mass is 216 g/mol. The van der Waals surface area contributed by atoms with Gasteiger partial charge in [0.15, 0.2) is 0 Å². The zero-order chi connectivity index (χ0) is 11.5. The topological polar surface area (TPSA) is 69.0 Å². The molecule has 2 amide bonds. The SMILES string of the molecule is CN(C(=O)NC1CC1)c1ccc(C#N)cn1. The Bertz CT molecular complexity index is 430. The van der Waals surface area contributed by atoms with Crippen molar-refractivity contribution in [3.05, 3.63) is 23.9 Å². The first kappa shape index (κ1) is 10.4. The molecule has 5 nitrogen and oxygen atoms in total. The van der Waals surface area contributed by atoms with Gasteiger partial charge in [-0.25, -0.2) is 9.78 Å². The van der Waals surface area contributed by atoms with Gasteiger partial charge in [-0.15, -0.1) is 0 Å². The smallest absolute Gasteiger partial charge is 0.323 e. The Morgan fingerprint density at radius 2 is 2.38 bits per heavy atom. The van der Waals surface area contributed by atoms with Crippen molar-refractivity contribution in [1.82, 2.24) is 10.3 Å². The van der Waals surface area contributed by atoms with E-state index in [1.165, 1.54) is 11.1 Å². The van der Waals surface area contributed by atoms with Gasteiger partial charge in [-0.1, -0.05) is 0 Å². The Balaban J connectivity index is 2.04. The maximum atomic E-state index is 11.7. The van der Waals surface area contributed by atoms with E-state index in [9.17, 15) is 4.79 Å². The molecule has 1 aliphatic rings. The number of nitrogens with zero attached hydrogens (tertiary/aromatic N) is 3. The van der Waals surface area contributed by atoms with Gasteiger partial charge < -0.3 is 5.32 Å². The van der Waals surface area contributed by atoms with Crippen molar-refractivity contribution in [3.63, 3.8) is 0 Å². The molecule has 0 aromatic carbocycles. The summed E-state index contributed by atoms with van der Waals surface area (Å²) in [5, 5.41) is 11.5. The van der Waals surface area contributed by atoms with Crippen LogP contribution >= 0.6 is 0 Å². The highest BCUT2D eigenvalue weighted by atomic mass is 16.2. The number of urea groups is 1. The van der Waals surface area contributed by atoms with Crippen LogP contribution in [-0.2, 0) is 0 Å².